The molecule has 0 spiro atoms. The van der Waals surface area contributed by atoms with E-state index >= 15 is 0 Å². The van der Waals surface area contributed by atoms with Gasteiger partial charge in [0.15, 0.2) is 0 Å². The van der Waals surface area contributed by atoms with Crippen LogP contribution in [0.3, 0.4) is 0 Å². The molecule has 0 fully saturated rings. The molecule has 0 bridgehead atoms. The summed E-state index contributed by atoms with van der Waals surface area (Å²) in [4.78, 5) is 24.9. The van der Waals surface area contributed by atoms with Crippen LogP contribution in [-0.2, 0) is 13.1 Å². The van der Waals surface area contributed by atoms with Gasteiger partial charge in [-0.1, -0.05) is 6.07 Å². The fraction of sp³-hybridized carbons (Fsp3) is 0.176. The minimum atomic E-state index is -0.280. The van der Waals surface area contributed by atoms with Crippen LogP contribution in [0.2, 0.25) is 0 Å². The number of nitrogens with one attached hydrogen (secondary N) is 2. The van der Waals surface area contributed by atoms with Crippen LogP contribution < -0.4 is 10.6 Å². The molecule has 122 valence electrons. The molecule has 0 aliphatic carbocycles. The number of hydrogen-bond donors (Lipinski definition) is 2. The summed E-state index contributed by atoms with van der Waals surface area (Å²) in [5, 5.41) is 5.92. The van der Waals surface area contributed by atoms with Crippen molar-refractivity contribution in [3.8, 4) is 0 Å². The first-order chi connectivity index (χ1) is 11.7. The van der Waals surface area contributed by atoms with Crippen molar-refractivity contribution in [1.29, 1.82) is 0 Å². The molecule has 0 aliphatic rings. The van der Waals surface area contributed by atoms with E-state index in [-0.39, 0.29) is 5.91 Å². The van der Waals surface area contributed by atoms with Crippen molar-refractivity contribution in [2.75, 3.05) is 5.32 Å². The van der Waals surface area contributed by atoms with E-state index in [1.165, 1.54) is 0 Å². The monoisotopic (exact) mass is 323 g/mol. The van der Waals surface area contributed by atoms with Crippen LogP contribution >= 0.6 is 0 Å². The van der Waals surface area contributed by atoms with E-state index in [1.807, 2.05) is 18.2 Å². The van der Waals surface area contributed by atoms with E-state index < -0.39 is 0 Å². The van der Waals surface area contributed by atoms with Gasteiger partial charge in [0.2, 0.25) is 0 Å². The fourth-order valence-corrected chi connectivity index (χ4v) is 2.13. The third-order valence-corrected chi connectivity index (χ3v) is 3.25. The van der Waals surface area contributed by atoms with Crippen LogP contribution in [0.4, 0.5) is 5.82 Å². The second kappa shape index (κ2) is 7.36. The van der Waals surface area contributed by atoms with E-state index in [0.717, 1.165) is 5.69 Å². The van der Waals surface area contributed by atoms with Crippen molar-refractivity contribution >= 4 is 11.7 Å². The molecule has 0 aromatic carbocycles. The molecule has 3 aromatic heterocycles. The molecule has 0 saturated heterocycles. The number of anilines is 1. The molecule has 3 aromatic rings. The van der Waals surface area contributed by atoms with Crippen molar-refractivity contribution in [1.82, 2.24) is 20.3 Å². The third-order valence-electron chi connectivity index (χ3n) is 3.25. The number of furan rings is 1. The number of aryl methyl sites for hydroxylation is 1. The number of carbonyl (C=O) groups excluding carboxylic acids is 1. The summed E-state index contributed by atoms with van der Waals surface area (Å²) in [7, 11) is 0. The SMILES string of the molecule is Cc1nc(NCc2ccccn2)cc(C(=O)NCc2ccco2)n1. The summed E-state index contributed by atoms with van der Waals surface area (Å²) in [5.41, 5.74) is 1.19. The van der Waals surface area contributed by atoms with Crippen LogP contribution in [0.15, 0.2) is 53.3 Å². The molecule has 0 radical (unpaired) electrons. The molecular weight excluding hydrogens is 306 g/mol. The highest BCUT2D eigenvalue weighted by Crippen LogP contribution is 2.09. The van der Waals surface area contributed by atoms with Crippen LogP contribution in [0.1, 0.15) is 27.8 Å². The molecule has 3 heterocycles. The zero-order valence-electron chi connectivity index (χ0n) is 13.2. The lowest BCUT2D eigenvalue weighted by atomic mass is 10.3. The Morgan fingerprint density at radius 1 is 1.17 bits per heavy atom. The molecule has 0 atom stereocenters. The summed E-state index contributed by atoms with van der Waals surface area (Å²) < 4.78 is 5.19. The molecule has 0 unspecified atom stereocenters. The number of carbonyl (C=O) groups is 1. The molecule has 24 heavy (non-hydrogen) atoms. The Kier molecular flexibility index (Phi) is 4.81. The average molecular weight is 323 g/mol. The Morgan fingerprint density at radius 2 is 2.08 bits per heavy atom. The van der Waals surface area contributed by atoms with Crippen molar-refractivity contribution in [3.63, 3.8) is 0 Å². The van der Waals surface area contributed by atoms with E-state index in [2.05, 4.69) is 25.6 Å². The second-order valence-corrected chi connectivity index (χ2v) is 5.12. The first kappa shape index (κ1) is 15.7. The minimum absolute atomic E-state index is 0.280. The van der Waals surface area contributed by atoms with Gasteiger partial charge in [-0.15, -0.1) is 0 Å². The third kappa shape index (κ3) is 4.16. The van der Waals surface area contributed by atoms with Gasteiger partial charge < -0.3 is 15.1 Å². The molecular formula is C17H17N5O2. The molecule has 3 rings (SSSR count). The van der Waals surface area contributed by atoms with Crippen molar-refractivity contribution in [2.24, 2.45) is 0 Å². The predicted octanol–water partition coefficient (Wildman–Crippen LogP) is 2.32. The summed E-state index contributed by atoms with van der Waals surface area (Å²) >= 11 is 0. The van der Waals surface area contributed by atoms with Gasteiger partial charge in [0.25, 0.3) is 5.91 Å². The molecule has 0 saturated carbocycles. The second-order valence-electron chi connectivity index (χ2n) is 5.12. The lowest BCUT2D eigenvalue weighted by Gasteiger charge is -2.08. The van der Waals surface area contributed by atoms with Gasteiger partial charge in [-0.25, -0.2) is 9.97 Å². The quantitative estimate of drug-likeness (QED) is 0.723. The highest BCUT2D eigenvalue weighted by Gasteiger charge is 2.11. The maximum Gasteiger partial charge on any atom is 0.270 e. The van der Waals surface area contributed by atoms with Crippen molar-refractivity contribution in [2.45, 2.75) is 20.0 Å². The maximum absolute atomic E-state index is 12.2. The highest BCUT2D eigenvalue weighted by atomic mass is 16.3. The Morgan fingerprint density at radius 3 is 2.83 bits per heavy atom. The smallest absolute Gasteiger partial charge is 0.270 e. The summed E-state index contributed by atoms with van der Waals surface area (Å²) in [6, 6.07) is 10.9. The van der Waals surface area contributed by atoms with Crippen molar-refractivity contribution in [3.05, 3.63) is 71.8 Å². The van der Waals surface area contributed by atoms with Crippen LogP contribution in [0.25, 0.3) is 0 Å². The van der Waals surface area contributed by atoms with Crippen molar-refractivity contribution < 1.29 is 9.21 Å². The van der Waals surface area contributed by atoms with Gasteiger partial charge in [0.05, 0.1) is 25.0 Å². The van der Waals surface area contributed by atoms with E-state index in [4.69, 9.17) is 4.42 Å². The Bertz CT molecular complexity index is 803. The molecule has 0 aliphatic heterocycles. The van der Waals surface area contributed by atoms with Crippen LogP contribution in [0.5, 0.6) is 0 Å². The summed E-state index contributed by atoms with van der Waals surface area (Å²) in [5.74, 6) is 1.50. The highest BCUT2D eigenvalue weighted by molar-refractivity contribution is 5.92. The fourth-order valence-electron chi connectivity index (χ4n) is 2.13. The minimum Gasteiger partial charge on any atom is -0.467 e. The standard InChI is InChI=1S/C17H17N5O2/c1-12-21-15(17(23)20-11-14-6-4-8-24-14)9-16(22-12)19-10-13-5-2-3-7-18-13/h2-9H,10-11H2,1H3,(H,20,23)(H,19,21,22). The topological polar surface area (TPSA) is 92.9 Å². The Labute approximate surface area is 139 Å². The van der Waals surface area contributed by atoms with Gasteiger partial charge in [-0.05, 0) is 31.2 Å². The molecule has 7 heteroatoms. The van der Waals surface area contributed by atoms with E-state index in [1.54, 1.807) is 37.6 Å². The van der Waals surface area contributed by atoms with Crippen LogP contribution in [-0.4, -0.2) is 20.9 Å². The molecule has 7 nitrogen and oxygen atoms in total. The number of rotatable bonds is 6. The van der Waals surface area contributed by atoms with Gasteiger partial charge in [0.1, 0.15) is 23.1 Å². The lowest BCUT2D eigenvalue weighted by Crippen LogP contribution is -2.24. The molecule has 1 amide bonds. The number of hydrogen-bond acceptors (Lipinski definition) is 6. The normalized spacial score (nSPS) is 10.4. The van der Waals surface area contributed by atoms with Gasteiger partial charge >= 0.3 is 0 Å². The first-order valence-corrected chi connectivity index (χ1v) is 7.51. The number of pyridine rings is 1. The molecule has 2 N–H and O–H groups in total. The zero-order chi connectivity index (χ0) is 16.8. The first-order valence-electron chi connectivity index (χ1n) is 7.51. The van der Waals surface area contributed by atoms with Gasteiger partial charge in [-0.3, -0.25) is 9.78 Å². The maximum atomic E-state index is 12.2. The van der Waals surface area contributed by atoms with Crippen LogP contribution in [0, 0.1) is 6.92 Å². The average Bonchev–Trinajstić information content (AvgIpc) is 3.12. The predicted molar refractivity (Wildman–Crippen MR) is 88.2 cm³/mol. The zero-order valence-corrected chi connectivity index (χ0v) is 13.2. The number of nitrogens with zero attached hydrogens (tertiary/aromatic N) is 3. The van der Waals surface area contributed by atoms with Gasteiger partial charge in [-0.2, -0.15) is 0 Å². The van der Waals surface area contributed by atoms with E-state index in [0.29, 0.717) is 36.2 Å². The Balaban J connectivity index is 1.65. The van der Waals surface area contributed by atoms with Gasteiger partial charge in [0, 0.05) is 12.3 Å². The number of amides is 1. The lowest BCUT2D eigenvalue weighted by molar-refractivity contribution is 0.0942. The largest absolute Gasteiger partial charge is 0.467 e. The number of aromatic nitrogens is 3. The Hall–Kier alpha value is -3.22. The van der Waals surface area contributed by atoms with E-state index in [9.17, 15) is 4.79 Å². The summed E-state index contributed by atoms with van der Waals surface area (Å²) in [6.07, 6.45) is 3.30. The summed E-state index contributed by atoms with van der Waals surface area (Å²) in [6.45, 7) is 2.57.